The number of amides is 2. The predicted molar refractivity (Wildman–Crippen MR) is 96.3 cm³/mol. The summed E-state index contributed by atoms with van der Waals surface area (Å²) in [6.45, 7) is 4.90. The van der Waals surface area contributed by atoms with Crippen LogP contribution < -0.4 is 10.2 Å². The number of rotatable bonds is 4. The summed E-state index contributed by atoms with van der Waals surface area (Å²) in [4.78, 5) is 26.3. The van der Waals surface area contributed by atoms with Crippen molar-refractivity contribution in [3.63, 3.8) is 0 Å². The van der Waals surface area contributed by atoms with Crippen molar-refractivity contribution in [3.05, 3.63) is 59.7 Å². The lowest BCUT2D eigenvalue weighted by Crippen LogP contribution is -2.32. The molecule has 0 saturated heterocycles. The normalized spacial score (nSPS) is 13.0. The van der Waals surface area contributed by atoms with E-state index in [-0.39, 0.29) is 18.2 Å². The SMILES string of the molecule is CC(C)c1ccc(NC(=O)CC(=O)N2CCc3ccccc32)cc1. The van der Waals surface area contributed by atoms with Crippen molar-refractivity contribution >= 4 is 23.2 Å². The lowest BCUT2D eigenvalue weighted by Gasteiger charge is -2.17. The standard InChI is InChI=1S/C20H22N2O2/c1-14(2)15-7-9-17(10-8-15)21-19(23)13-20(24)22-12-11-16-5-3-4-6-18(16)22/h3-10,14H,11-13H2,1-2H3,(H,21,23). The van der Waals surface area contributed by atoms with E-state index in [2.05, 4.69) is 19.2 Å². The Balaban J connectivity index is 1.60. The van der Waals surface area contributed by atoms with Crippen LogP contribution in [0.25, 0.3) is 0 Å². The van der Waals surface area contributed by atoms with E-state index in [1.807, 2.05) is 48.5 Å². The van der Waals surface area contributed by atoms with Gasteiger partial charge in [0.25, 0.3) is 0 Å². The molecular formula is C20H22N2O2. The first-order valence-electron chi connectivity index (χ1n) is 8.32. The first kappa shape index (κ1) is 16.2. The first-order valence-corrected chi connectivity index (χ1v) is 8.32. The minimum absolute atomic E-state index is 0.139. The molecule has 4 heteroatoms. The molecule has 0 spiro atoms. The topological polar surface area (TPSA) is 49.4 Å². The zero-order valence-electron chi connectivity index (χ0n) is 14.1. The Morgan fingerprint density at radius 2 is 1.79 bits per heavy atom. The Morgan fingerprint density at radius 1 is 1.08 bits per heavy atom. The van der Waals surface area contributed by atoms with E-state index in [1.165, 1.54) is 5.56 Å². The maximum absolute atomic E-state index is 12.4. The van der Waals surface area contributed by atoms with E-state index >= 15 is 0 Å². The summed E-state index contributed by atoms with van der Waals surface area (Å²) in [5, 5.41) is 2.80. The first-order chi connectivity index (χ1) is 11.5. The van der Waals surface area contributed by atoms with Crippen molar-refractivity contribution in [1.82, 2.24) is 0 Å². The Kier molecular flexibility index (Phi) is 4.65. The third-order valence-electron chi connectivity index (χ3n) is 4.36. The van der Waals surface area contributed by atoms with Gasteiger partial charge in [0, 0.05) is 17.9 Å². The number of nitrogens with one attached hydrogen (secondary N) is 1. The van der Waals surface area contributed by atoms with Gasteiger partial charge < -0.3 is 10.2 Å². The summed E-state index contributed by atoms with van der Waals surface area (Å²) < 4.78 is 0. The lowest BCUT2D eigenvalue weighted by molar-refractivity contribution is -0.125. The third kappa shape index (κ3) is 3.48. The zero-order valence-corrected chi connectivity index (χ0v) is 14.1. The molecule has 0 fully saturated rings. The average molecular weight is 322 g/mol. The summed E-state index contributed by atoms with van der Waals surface area (Å²) in [5.41, 5.74) is 4.03. The van der Waals surface area contributed by atoms with Gasteiger partial charge in [-0.3, -0.25) is 9.59 Å². The van der Waals surface area contributed by atoms with Crippen LogP contribution in [0.2, 0.25) is 0 Å². The molecule has 1 aliphatic heterocycles. The van der Waals surface area contributed by atoms with E-state index in [1.54, 1.807) is 4.90 Å². The molecule has 1 N–H and O–H groups in total. The van der Waals surface area contributed by atoms with Gasteiger partial charge in [0.1, 0.15) is 6.42 Å². The molecule has 24 heavy (non-hydrogen) atoms. The molecule has 0 radical (unpaired) electrons. The summed E-state index contributed by atoms with van der Waals surface area (Å²) in [6, 6.07) is 15.6. The van der Waals surface area contributed by atoms with Gasteiger partial charge in [-0.1, -0.05) is 44.2 Å². The highest BCUT2D eigenvalue weighted by Gasteiger charge is 2.25. The fourth-order valence-corrected chi connectivity index (χ4v) is 2.99. The molecule has 3 rings (SSSR count). The Hall–Kier alpha value is -2.62. The number of nitrogens with zero attached hydrogens (tertiary/aromatic N) is 1. The van der Waals surface area contributed by atoms with Crippen LogP contribution in [0.15, 0.2) is 48.5 Å². The number of fused-ring (bicyclic) bond motifs is 1. The van der Waals surface area contributed by atoms with Crippen LogP contribution in [0.1, 0.15) is 37.3 Å². The fourth-order valence-electron chi connectivity index (χ4n) is 2.99. The lowest BCUT2D eigenvalue weighted by atomic mass is 10.0. The van der Waals surface area contributed by atoms with E-state index in [4.69, 9.17) is 0 Å². The van der Waals surface area contributed by atoms with Gasteiger partial charge in [0.2, 0.25) is 11.8 Å². The highest BCUT2D eigenvalue weighted by atomic mass is 16.2. The molecule has 2 aromatic carbocycles. The van der Waals surface area contributed by atoms with Gasteiger partial charge in [-0.05, 0) is 41.7 Å². The molecule has 0 aromatic heterocycles. The largest absolute Gasteiger partial charge is 0.326 e. The van der Waals surface area contributed by atoms with Crippen LogP contribution >= 0.6 is 0 Å². The second-order valence-corrected chi connectivity index (χ2v) is 6.43. The molecule has 0 bridgehead atoms. The molecule has 2 amide bonds. The maximum atomic E-state index is 12.4. The van der Waals surface area contributed by atoms with Crippen LogP contribution in [-0.2, 0) is 16.0 Å². The minimum atomic E-state index is -0.276. The second kappa shape index (κ2) is 6.87. The van der Waals surface area contributed by atoms with Crippen molar-refractivity contribution in [3.8, 4) is 0 Å². The summed E-state index contributed by atoms with van der Waals surface area (Å²) >= 11 is 0. The average Bonchev–Trinajstić information content (AvgIpc) is 2.99. The van der Waals surface area contributed by atoms with Gasteiger partial charge in [-0.2, -0.15) is 0 Å². The third-order valence-corrected chi connectivity index (χ3v) is 4.36. The van der Waals surface area contributed by atoms with Crippen molar-refractivity contribution in [2.45, 2.75) is 32.6 Å². The molecule has 0 saturated carbocycles. The van der Waals surface area contributed by atoms with Gasteiger partial charge in [-0.15, -0.1) is 0 Å². The predicted octanol–water partition coefficient (Wildman–Crippen LogP) is 3.73. The van der Waals surface area contributed by atoms with E-state index < -0.39 is 0 Å². The van der Waals surface area contributed by atoms with E-state index in [9.17, 15) is 9.59 Å². The number of benzene rings is 2. The van der Waals surface area contributed by atoms with Crippen molar-refractivity contribution in [2.24, 2.45) is 0 Å². The van der Waals surface area contributed by atoms with Gasteiger partial charge in [0.15, 0.2) is 0 Å². The number of para-hydroxylation sites is 1. The number of hydrogen-bond acceptors (Lipinski definition) is 2. The number of hydrogen-bond donors (Lipinski definition) is 1. The molecule has 0 atom stereocenters. The van der Waals surface area contributed by atoms with Crippen molar-refractivity contribution < 1.29 is 9.59 Å². The summed E-state index contributed by atoms with van der Waals surface area (Å²) in [5.74, 6) is 0.0180. The molecule has 1 heterocycles. The Bertz CT molecular complexity index is 750. The van der Waals surface area contributed by atoms with Crippen LogP contribution in [0.4, 0.5) is 11.4 Å². The van der Waals surface area contributed by atoms with Crippen molar-refractivity contribution in [1.29, 1.82) is 0 Å². The quantitative estimate of drug-likeness (QED) is 0.872. The highest BCUT2D eigenvalue weighted by molar-refractivity contribution is 6.09. The highest BCUT2D eigenvalue weighted by Crippen LogP contribution is 2.28. The smallest absolute Gasteiger partial charge is 0.236 e. The molecule has 0 unspecified atom stereocenters. The van der Waals surface area contributed by atoms with Crippen LogP contribution in [0, 0.1) is 0 Å². The molecule has 0 aliphatic carbocycles. The Labute approximate surface area is 142 Å². The van der Waals surface area contributed by atoms with Gasteiger partial charge in [-0.25, -0.2) is 0 Å². The fraction of sp³-hybridized carbons (Fsp3) is 0.300. The van der Waals surface area contributed by atoms with Crippen LogP contribution in [0.5, 0.6) is 0 Å². The molecular weight excluding hydrogens is 300 g/mol. The maximum Gasteiger partial charge on any atom is 0.236 e. The number of anilines is 2. The molecule has 2 aromatic rings. The van der Waals surface area contributed by atoms with E-state index in [0.29, 0.717) is 12.5 Å². The molecule has 4 nitrogen and oxygen atoms in total. The van der Waals surface area contributed by atoms with Crippen molar-refractivity contribution in [2.75, 3.05) is 16.8 Å². The number of carbonyl (C=O) groups is 2. The van der Waals surface area contributed by atoms with E-state index in [0.717, 1.165) is 23.4 Å². The molecule has 1 aliphatic rings. The Morgan fingerprint density at radius 3 is 2.50 bits per heavy atom. The van der Waals surface area contributed by atoms with Crippen LogP contribution in [0.3, 0.4) is 0 Å². The van der Waals surface area contributed by atoms with Gasteiger partial charge >= 0.3 is 0 Å². The molecule has 124 valence electrons. The zero-order chi connectivity index (χ0) is 17.1. The summed E-state index contributed by atoms with van der Waals surface area (Å²) in [6.07, 6.45) is 0.709. The van der Waals surface area contributed by atoms with Gasteiger partial charge in [0.05, 0.1) is 0 Å². The minimum Gasteiger partial charge on any atom is -0.326 e. The number of carbonyl (C=O) groups excluding carboxylic acids is 2. The monoisotopic (exact) mass is 322 g/mol. The summed E-state index contributed by atoms with van der Waals surface area (Å²) in [7, 11) is 0. The second-order valence-electron chi connectivity index (χ2n) is 6.43. The van der Waals surface area contributed by atoms with Crippen LogP contribution in [-0.4, -0.2) is 18.4 Å².